The van der Waals surface area contributed by atoms with Gasteiger partial charge in [0.15, 0.2) is 5.72 Å². The van der Waals surface area contributed by atoms with Gasteiger partial charge in [0.2, 0.25) is 0 Å². The summed E-state index contributed by atoms with van der Waals surface area (Å²) in [6.07, 6.45) is 3.73. The molecule has 3 aliphatic heterocycles. The topological polar surface area (TPSA) is 44.8 Å². The summed E-state index contributed by atoms with van der Waals surface area (Å²) in [5, 5.41) is 3.66. The number of halogens is 4. The van der Waals surface area contributed by atoms with Crippen molar-refractivity contribution in [2.45, 2.75) is 76.3 Å². The van der Waals surface area contributed by atoms with E-state index in [1.807, 2.05) is 24.8 Å². The van der Waals surface area contributed by atoms with E-state index in [1.165, 1.54) is 23.3 Å². The highest BCUT2D eigenvalue weighted by Crippen LogP contribution is 2.60. The number of fused-ring (bicyclic) bond motifs is 1. The molecule has 0 saturated carbocycles. The molecule has 6 rings (SSSR count). The molecule has 3 aromatic rings. The molecular weight excluding hydrogens is 627 g/mol. The van der Waals surface area contributed by atoms with E-state index in [-0.39, 0.29) is 21.0 Å². The van der Waals surface area contributed by atoms with Crippen LogP contribution in [0.4, 0.5) is 8.78 Å². The number of carbonyl (C=O) groups is 1. The highest BCUT2D eigenvalue weighted by atomic mass is 35.5. The van der Waals surface area contributed by atoms with E-state index in [9.17, 15) is 4.79 Å². The molecule has 0 bridgehead atoms. The highest BCUT2D eigenvalue weighted by Gasteiger charge is 2.70. The summed E-state index contributed by atoms with van der Waals surface area (Å²) in [6, 6.07) is 18.4. The quantitative estimate of drug-likeness (QED) is 0.194. The molecule has 2 fully saturated rings. The molecule has 0 aromatic heterocycles. The molecule has 46 heavy (non-hydrogen) atoms. The minimum atomic E-state index is -1.26. The minimum absolute atomic E-state index is 0.0625. The summed E-state index contributed by atoms with van der Waals surface area (Å²) >= 11 is 12.6. The highest BCUT2D eigenvalue weighted by molar-refractivity contribution is 6.31. The Balaban J connectivity index is 1.47. The van der Waals surface area contributed by atoms with Gasteiger partial charge in [-0.1, -0.05) is 97.2 Å². The molecule has 9 heteroatoms. The number of carbonyl (C=O) groups excluding carboxylic acids is 1. The van der Waals surface area contributed by atoms with Crippen LogP contribution in [0.25, 0.3) is 0 Å². The molecule has 244 valence electrons. The summed E-state index contributed by atoms with van der Waals surface area (Å²) in [6.45, 7) is 10.7. The van der Waals surface area contributed by atoms with Crippen LogP contribution < -0.4 is 5.32 Å². The van der Waals surface area contributed by atoms with Gasteiger partial charge in [-0.2, -0.15) is 0 Å². The van der Waals surface area contributed by atoms with Gasteiger partial charge in [0.1, 0.15) is 17.7 Å². The Bertz CT molecular complexity index is 1660. The molecule has 0 spiro atoms. The van der Waals surface area contributed by atoms with Crippen molar-refractivity contribution in [1.82, 2.24) is 15.1 Å². The zero-order valence-corrected chi connectivity index (χ0v) is 28.4. The first kappa shape index (κ1) is 33.1. The number of rotatable bonds is 8. The van der Waals surface area contributed by atoms with E-state index in [0.29, 0.717) is 12.0 Å². The van der Waals surface area contributed by atoms with Crippen LogP contribution in [0.15, 0.2) is 78.4 Å². The standard InChI is InChI=1S/C37H41Cl2F2N3O2/c1-35(2,24-16-18-43(19-17-24)22-23-10-7-6-8-11-23)21-30-37(42-5,27-15-14-25(38)20-29(27)40)31(26-12-9-13-28(39)32(26)41)33-34(45)46-36(3,4)44(30)33/h6-16,20,30-31,33,42H,17-19,21-22H2,1-5H3/t30-,31-,33+,37+/m0/s1. The first-order valence-corrected chi connectivity index (χ1v) is 16.6. The fourth-order valence-electron chi connectivity index (χ4n) is 8.34. The van der Waals surface area contributed by atoms with Crippen LogP contribution in [-0.4, -0.2) is 53.7 Å². The number of esters is 1. The second-order valence-corrected chi connectivity index (χ2v) is 14.7. The van der Waals surface area contributed by atoms with Crippen molar-refractivity contribution < 1.29 is 18.3 Å². The minimum Gasteiger partial charge on any atom is -0.443 e. The summed E-state index contributed by atoms with van der Waals surface area (Å²) < 4.78 is 38.3. The summed E-state index contributed by atoms with van der Waals surface area (Å²) in [5.41, 5.74) is 0.473. The van der Waals surface area contributed by atoms with Crippen molar-refractivity contribution in [1.29, 1.82) is 0 Å². The number of nitrogens with zero attached hydrogens (tertiary/aromatic N) is 2. The average molecular weight is 669 g/mol. The van der Waals surface area contributed by atoms with Gasteiger partial charge in [-0.25, -0.2) is 13.7 Å². The fraction of sp³-hybridized carbons (Fsp3) is 0.432. The maximum Gasteiger partial charge on any atom is 0.325 e. The maximum absolute atomic E-state index is 16.3. The number of benzene rings is 3. The van der Waals surface area contributed by atoms with Gasteiger partial charge in [-0.05, 0) is 68.5 Å². The Labute approximate surface area is 280 Å². The van der Waals surface area contributed by atoms with Gasteiger partial charge in [0.05, 0.1) is 10.6 Å². The fourth-order valence-corrected chi connectivity index (χ4v) is 8.68. The van der Waals surface area contributed by atoms with E-state index < -0.39 is 46.9 Å². The molecule has 0 amide bonds. The average Bonchev–Trinajstić information content (AvgIpc) is 3.43. The van der Waals surface area contributed by atoms with Crippen molar-refractivity contribution in [3.63, 3.8) is 0 Å². The van der Waals surface area contributed by atoms with Gasteiger partial charge >= 0.3 is 5.97 Å². The Morgan fingerprint density at radius 1 is 1.04 bits per heavy atom. The molecule has 0 unspecified atom stereocenters. The summed E-state index contributed by atoms with van der Waals surface area (Å²) in [7, 11) is 1.76. The lowest BCUT2D eigenvalue weighted by Crippen LogP contribution is -2.58. The van der Waals surface area contributed by atoms with E-state index in [4.69, 9.17) is 27.9 Å². The van der Waals surface area contributed by atoms with Crippen LogP contribution in [0, 0.1) is 17.0 Å². The Morgan fingerprint density at radius 3 is 2.43 bits per heavy atom. The molecule has 3 aromatic carbocycles. The van der Waals surface area contributed by atoms with Crippen molar-refractivity contribution in [2.24, 2.45) is 5.41 Å². The molecule has 4 atom stereocenters. The van der Waals surface area contributed by atoms with E-state index >= 15 is 8.78 Å². The van der Waals surface area contributed by atoms with Crippen LogP contribution >= 0.6 is 23.2 Å². The predicted octanol–water partition coefficient (Wildman–Crippen LogP) is 8.06. The van der Waals surface area contributed by atoms with Crippen LogP contribution in [0.5, 0.6) is 0 Å². The van der Waals surface area contributed by atoms with Gasteiger partial charge in [-0.3, -0.25) is 9.69 Å². The van der Waals surface area contributed by atoms with Crippen LogP contribution in [-0.2, 0) is 21.6 Å². The SMILES string of the molecule is CN[C@]1(c2ccc(Cl)cc2F)[C@H](CC(C)(C)C2=CCN(Cc3ccccc3)CC2)N2[C@@H](C(=O)OC2(C)C)[C@@H]1c1cccc(Cl)c1F. The second-order valence-electron chi connectivity index (χ2n) is 13.9. The van der Waals surface area contributed by atoms with Crippen molar-refractivity contribution >= 4 is 29.2 Å². The maximum atomic E-state index is 16.3. The first-order chi connectivity index (χ1) is 21.8. The molecule has 2 saturated heterocycles. The lowest BCUT2D eigenvalue weighted by molar-refractivity contribution is -0.153. The van der Waals surface area contributed by atoms with E-state index in [1.54, 1.807) is 31.3 Å². The number of ether oxygens (including phenoxy) is 1. The molecule has 0 aliphatic carbocycles. The number of hydrogen-bond acceptors (Lipinski definition) is 5. The van der Waals surface area contributed by atoms with Crippen LogP contribution in [0.3, 0.4) is 0 Å². The molecular formula is C37H41Cl2F2N3O2. The first-order valence-electron chi connectivity index (χ1n) is 15.9. The zero-order chi connectivity index (χ0) is 33.0. The van der Waals surface area contributed by atoms with Gasteiger partial charge in [-0.15, -0.1) is 0 Å². The third-order valence-corrected chi connectivity index (χ3v) is 10.9. The van der Waals surface area contributed by atoms with Crippen LogP contribution in [0.1, 0.15) is 63.1 Å². The molecule has 3 heterocycles. The second kappa shape index (κ2) is 12.3. The van der Waals surface area contributed by atoms with Crippen molar-refractivity contribution in [2.75, 3.05) is 20.1 Å². The van der Waals surface area contributed by atoms with Gasteiger partial charge in [0, 0.05) is 42.2 Å². The molecule has 3 aliphatic rings. The zero-order valence-electron chi connectivity index (χ0n) is 26.9. The Morgan fingerprint density at radius 2 is 1.78 bits per heavy atom. The third kappa shape index (κ3) is 5.58. The monoisotopic (exact) mass is 667 g/mol. The summed E-state index contributed by atoms with van der Waals surface area (Å²) in [5.74, 6) is -2.51. The van der Waals surface area contributed by atoms with Gasteiger partial charge in [0.25, 0.3) is 0 Å². The molecule has 0 radical (unpaired) electrons. The third-order valence-electron chi connectivity index (χ3n) is 10.4. The smallest absolute Gasteiger partial charge is 0.325 e. The largest absolute Gasteiger partial charge is 0.443 e. The number of hydrogen-bond donors (Lipinski definition) is 1. The van der Waals surface area contributed by atoms with Crippen LogP contribution in [0.2, 0.25) is 10.0 Å². The van der Waals surface area contributed by atoms with Crippen molar-refractivity contribution in [3.05, 3.63) is 117 Å². The number of nitrogens with one attached hydrogen (secondary N) is 1. The predicted molar refractivity (Wildman–Crippen MR) is 179 cm³/mol. The molecule has 1 N–H and O–H groups in total. The Kier molecular flexibility index (Phi) is 8.87. The Hall–Kier alpha value is -2.81. The van der Waals surface area contributed by atoms with Gasteiger partial charge < -0.3 is 10.1 Å². The van der Waals surface area contributed by atoms with Crippen molar-refractivity contribution in [3.8, 4) is 0 Å². The van der Waals surface area contributed by atoms with E-state index in [2.05, 4.69) is 54.4 Å². The lowest BCUT2D eigenvalue weighted by Gasteiger charge is -2.47. The van der Waals surface area contributed by atoms with E-state index in [0.717, 1.165) is 26.1 Å². The number of likely N-dealkylation sites (N-methyl/N-ethyl adjacent to an activating group) is 1. The lowest BCUT2D eigenvalue weighted by atomic mass is 9.65. The molecule has 5 nitrogen and oxygen atoms in total. The normalized spacial score (nSPS) is 26.6. The number of cyclic esters (lactones) is 1. The summed E-state index contributed by atoms with van der Waals surface area (Å²) in [4.78, 5) is 18.3.